The predicted molar refractivity (Wildman–Crippen MR) is 90.1 cm³/mol. The molecule has 2 heteroatoms. The molecule has 1 aromatic rings. The summed E-state index contributed by atoms with van der Waals surface area (Å²) in [6.45, 7) is 10.2. The van der Waals surface area contributed by atoms with E-state index in [1.165, 1.54) is 31.2 Å². The van der Waals surface area contributed by atoms with Crippen molar-refractivity contribution in [2.24, 2.45) is 5.41 Å². The summed E-state index contributed by atoms with van der Waals surface area (Å²) in [7, 11) is 1.79. The third kappa shape index (κ3) is 3.11. The minimum Gasteiger partial charge on any atom is -0.496 e. The van der Waals surface area contributed by atoms with Crippen LogP contribution in [0.1, 0.15) is 58.9 Å². The topological polar surface area (TPSA) is 21.3 Å². The molecule has 1 aliphatic carbocycles. The molecule has 0 radical (unpaired) electrons. The molecule has 0 aliphatic heterocycles. The molecule has 0 heterocycles. The van der Waals surface area contributed by atoms with E-state index in [1.54, 1.807) is 7.11 Å². The van der Waals surface area contributed by atoms with Crippen molar-refractivity contribution in [3.05, 3.63) is 29.8 Å². The lowest BCUT2D eigenvalue weighted by Crippen LogP contribution is -2.55. The van der Waals surface area contributed by atoms with Gasteiger partial charge in [0.25, 0.3) is 0 Å². The van der Waals surface area contributed by atoms with Crippen LogP contribution in [0, 0.1) is 5.41 Å². The van der Waals surface area contributed by atoms with E-state index in [-0.39, 0.29) is 5.41 Å². The van der Waals surface area contributed by atoms with Gasteiger partial charge in [0.2, 0.25) is 0 Å². The molecule has 0 saturated heterocycles. The Morgan fingerprint density at radius 1 is 1.14 bits per heavy atom. The lowest BCUT2D eigenvalue weighted by molar-refractivity contribution is 0.0105. The first-order chi connectivity index (χ1) is 10.0. The molecule has 21 heavy (non-hydrogen) atoms. The number of benzene rings is 1. The highest BCUT2D eigenvalue weighted by Crippen LogP contribution is 2.60. The fourth-order valence-electron chi connectivity index (χ4n) is 4.03. The maximum absolute atomic E-state index is 5.64. The van der Waals surface area contributed by atoms with Crippen LogP contribution in [0.2, 0.25) is 0 Å². The molecule has 1 fully saturated rings. The summed E-state index contributed by atoms with van der Waals surface area (Å²) in [5.41, 5.74) is 2.15. The van der Waals surface area contributed by atoms with Crippen molar-refractivity contribution in [3.63, 3.8) is 0 Å². The number of hydrogen-bond acceptors (Lipinski definition) is 2. The molecule has 118 valence electrons. The molecule has 1 aliphatic rings. The number of methoxy groups -OCH3 is 1. The van der Waals surface area contributed by atoms with E-state index >= 15 is 0 Å². The second-order valence-electron chi connectivity index (χ2n) is 7.08. The Bertz CT molecular complexity index is 454. The first-order valence-electron chi connectivity index (χ1n) is 8.38. The van der Waals surface area contributed by atoms with Gasteiger partial charge < -0.3 is 10.1 Å². The average Bonchev–Trinajstić information content (AvgIpc) is 2.47. The Balaban J connectivity index is 2.30. The molecule has 1 N–H and O–H groups in total. The van der Waals surface area contributed by atoms with Crippen molar-refractivity contribution < 1.29 is 4.74 Å². The van der Waals surface area contributed by atoms with Crippen LogP contribution in [0.15, 0.2) is 24.3 Å². The monoisotopic (exact) mass is 289 g/mol. The Morgan fingerprint density at radius 3 is 2.29 bits per heavy atom. The minimum absolute atomic E-state index is 0.239. The van der Waals surface area contributed by atoms with Crippen LogP contribution in [0.3, 0.4) is 0 Å². The zero-order valence-electron chi connectivity index (χ0n) is 14.3. The lowest BCUT2D eigenvalue weighted by atomic mass is 9.48. The normalized spacial score (nSPS) is 19.3. The summed E-state index contributed by atoms with van der Waals surface area (Å²) in [4.78, 5) is 0. The Morgan fingerprint density at radius 2 is 1.76 bits per heavy atom. The lowest BCUT2D eigenvalue weighted by Gasteiger charge is -2.57. The first-order valence-corrected chi connectivity index (χ1v) is 8.38. The molecular weight excluding hydrogens is 258 g/mol. The van der Waals surface area contributed by atoms with E-state index in [2.05, 4.69) is 57.3 Å². The maximum Gasteiger partial charge on any atom is 0.122 e. The molecule has 1 saturated carbocycles. The average molecular weight is 289 g/mol. The Kier molecular flexibility index (Phi) is 4.98. The number of para-hydroxylation sites is 1. The van der Waals surface area contributed by atoms with Crippen LogP contribution in [0.4, 0.5) is 0 Å². The molecule has 0 aromatic heterocycles. The van der Waals surface area contributed by atoms with Crippen LogP contribution >= 0.6 is 0 Å². The van der Waals surface area contributed by atoms with Crippen molar-refractivity contribution >= 4 is 0 Å². The molecule has 2 nitrogen and oxygen atoms in total. The fourth-order valence-corrected chi connectivity index (χ4v) is 4.03. The van der Waals surface area contributed by atoms with E-state index < -0.39 is 0 Å². The van der Waals surface area contributed by atoms with Crippen molar-refractivity contribution in [1.82, 2.24) is 5.32 Å². The summed E-state index contributed by atoms with van der Waals surface area (Å²) in [6, 6.07) is 9.10. The molecule has 0 amide bonds. The number of nitrogens with one attached hydrogen (secondary N) is 1. The van der Waals surface area contributed by atoms with Crippen molar-refractivity contribution in [2.45, 2.75) is 64.8 Å². The van der Waals surface area contributed by atoms with Gasteiger partial charge in [-0.15, -0.1) is 0 Å². The number of ether oxygens (including phenoxy) is 1. The summed E-state index contributed by atoms with van der Waals surface area (Å²) in [6.07, 6.45) is 5.10. The number of hydrogen-bond donors (Lipinski definition) is 1. The van der Waals surface area contributed by atoms with Gasteiger partial charge in [0, 0.05) is 23.6 Å². The smallest absolute Gasteiger partial charge is 0.122 e. The zero-order chi connectivity index (χ0) is 15.5. The molecule has 0 unspecified atom stereocenters. The van der Waals surface area contributed by atoms with Gasteiger partial charge in [0.1, 0.15) is 5.75 Å². The van der Waals surface area contributed by atoms with Crippen molar-refractivity contribution in [2.75, 3.05) is 13.7 Å². The van der Waals surface area contributed by atoms with Crippen LogP contribution in [0.5, 0.6) is 5.75 Å². The fraction of sp³-hybridized carbons (Fsp3) is 0.684. The van der Waals surface area contributed by atoms with Crippen LogP contribution in [-0.2, 0) is 5.41 Å². The van der Waals surface area contributed by atoms with Gasteiger partial charge in [-0.3, -0.25) is 0 Å². The van der Waals surface area contributed by atoms with Gasteiger partial charge in [0.05, 0.1) is 7.11 Å². The van der Waals surface area contributed by atoms with Gasteiger partial charge >= 0.3 is 0 Å². The molecular formula is C19H31NO. The SMILES string of the molecule is CCC1(CC)CC(CNC(C)C)(c2ccccc2OC)C1. The van der Waals surface area contributed by atoms with E-state index in [9.17, 15) is 0 Å². The molecule has 1 aromatic carbocycles. The maximum atomic E-state index is 5.64. The number of rotatable bonds is 7. The van der Waals surface area contributed by atoms with Gasteiger partial charge in [0.15, 0.2) is 0 Å². The summed E-state index contributed by atoms with van der Waals surface area (Å²) in [5, 5.41) is 3.67. The second kappa shape index (κ2) is 6.39. The molecule has 2 rings (SSSR count). The standard InChI is InChI=1S/C19H31NO/c1-6-18(7-2)12-19(13-18,14-20-15(3)4)16-10-8-9-11-17(16)21-5/h8-11,15,20H,6-7,12-14H2,1-5H3. The highest BCUT2D eigenvalue weighted by molar-refractivity contribution is 5.43. The predicted octanol–water partition coefficient (Wildman–Crippen LogP) is 4.53. The van der Waals surface area contributed by atoms with E-state index in [1.807, 2.05) is 0 Å². The Labute approximate surface area is 130 Å². The van der Waals surface area contributed by atoms with E-state index in [0.29, 0.717) is 11.5 Å². The van der Waals surface area contributed by atoms with Crippen LogP contribution in [-0.4, -0.2) is 19.7 Å². The highest BCUT2D eigenvalue weighted by atomic mass is 16.5. The quantitative estimate of drug-likeness (QED) is 0.796. The van der Waals surface area contributed by atoms with E-state index in [4.69, 9.17) is 4.74 Å². The Hall–Kier alpha value is -1.02. The first kappa shape index (κ1) is 16.4. The zero-order valence-corrected chi connectivity index (χ0v) is 14.3. The largest absolute Gasteiger partial charge is 0.496 e. The van der Waals surface area contributed by atoms with Crippen molar-refractivity contribution in [1.29, 1.82) is 0 Å². The summed E-state index contributed by atoms with van der Waals surface area (Å²) in [5.74, 6) is 1.05. The minimum atomic E-state index is 0.239. The van der Waals surface area contributed by atoms with Gasteiger partial charge in [-0.1, -0.05) is 58.7 Å². The van der Waals surface area contributed by atoms with E-state index in [0.717, 1.165) is 12.3 Å². The van der Waals surface area contributed by atoms with Gasteiger partial charge in [-0.05, 0) is 24.3 Å². The van der Waals surface area contributed by atoms with Crippen LogP contribution in [0.25, 0.3) is 0 Å². The summed E-state index contributed by atoms with van der Waals surface area (Å²) < 4.78 is 5.64. The second-order valence-corrected chi connectivity index (χ2v) is 7.08. The third-order valence-corrected chi connectivity index (χ3v) is 5.45. The van der Waals surface area contributed by atoms with Gasteiger partial charge in [-0.2, -0.15) is 0 Å². The summed E-state index contributed by atoms with van der Waals surface area (Å²) >= 11 is 0. The van der Waals surface area contributed by atoms with Crippen LogP contribution < -0.4 is 10.1 Å². The molecule has 0 atom stereocenters. The highest BCUT2D eigenvalue weighted by Gasteiger charge is 2.53. The molecule has 0 spiro atoms. The molecule has 0 bridgehead atoms. The van der Waals surface area contributed by atoms with Crippen molar-refractivity contribution in [3.8, 4) is 5.75 Å². The van der Waals surface area contributed by atoms with Gasteiger partial charge in [-0.25, -0.2) is 0 Å². The third-order valence-electron chi connectivity index (χ3n) is 5.45.